The maximum Gasteiger partial charge on any atom is 0.240 e. The number of hydrogen-bond acceptors (Lipinski definition) is 7. The molecular formula is C18H20N6O3S. The third-order valence-corrected chi connectivity index (χ3v) is 5.76. The predicted molar refractivity (Wildman–Crippen MR) is 103 cm³/mol. The summed E-state index contributed by atoms with van der Waals surface area (Å²) in [5.74, 6) is 1.98. The summed E-state index contributed by atoms with van der Waals surface area (Å²) < 4.78 is 34.6. The maximum absolute atomic E-state index is 12.5. The highest BCUT2D eigenvalue weighted by molar-refractivity contribution is 7.89. The molecule has 10 heteroatoms. The summed E-state index contributed by atoms with van der Waals surface area (Å²) in [4.78, 5) is 8.58. The van der Waals surface area contributed by atoms with Crippen molar-refractivity contribution in [2.24, 2.45) is 0 Å². The van der Waals surface area contributed by atoms with E-state index in [4.69, 9.17) is 4.74 Å². The molecule has 28 heavy (non-hydrogen) atoms. The molecule has 0 fully saturated rings. The van der Waals surface area contributed by atoms with E-state index in [1.165, 1.54) is 6.33 Å². The number of rotatable bonds is 7. The number of benzene rings is 1. The molecular weight excluding hydrogens is 380 g/mol. The van der Waals surface area contributed by atoms with Gasteiger partial charge in [-0.2, -0.15) is 5.10 Å². The van der Waals surface area contributed by atoms with Crippen LogP contribution in [-0.4, -0.2) is 47.9 Å². The van der Waals surface area contributed by atoms with Crippen molar-refractivity contribution in [2.75, 3.05) is 25.0 Å². The zero-order chi connectivity index (χ0) is 19.6. The third kappa shape index (κ3) is 3.97. The normalized spacial score (nSPS) is 13.2. The number of aryl methyl sites for hydroxylation is 1. The molecule has 2 aromatic heterocycles. The molecule has 2 N–H and O–H groups in total. The summed E-state index contributed by atoms with van der Waals surface area (Å²) in [7, 11) is -3.58. The van der Waals surface area contributed by atoms with Crippen LogP contribution < -0.4 is 14.8 Å². The Labute approximate surface area is 162 Å². The fraction of sp³-hybridized carbons (Fsp3) is 0.278. The van der Waals surface area contributed by atoms with Crippen LogP contribution in [-0.2, 0) is 16.4 Å². The van der Waals surface area contributed by atoms with Crippen LogP contribution in [0.1, 0.15) is 11.3 Å². The Balaban J connectivity index is 1.34. The Morgan fingerprint density at radius 3 is 2.89 bits per heavy atom. The van der Waals surface area contributed by atoms with Gasteiger partial charge in [-0.3, -0.25) is 0 Å². The molecule has 0 bridgehead atoms. The zero-order valence-electron chi connectivity index (χ0n) is 15.3. The van der Waals surface area contributed by atoms with Crippen LogP contribution in [0.25, 0.3) is 5.82 Å². The van der Waals surface area contributed by atoms with Crippen molar-refractivity contribution >= 4 is 15.8 Å². The van der Waals surface area contributed by atoms with Crippen molar-refractivity contribution in [3.63, 3.8) is 0 Å². The van der Waals surface area contributed by atoms with Gasteiger partial charge in [0.25, 0.3) is 0 Å². The summed E-state index contributed by atoms with van der Waals surface area (Å²) in [6.07, 6.45) is 3.98. The zero-order valence-corrected chi connectivity index (χ0v) is 16.1. The van der Waals surface area contributed by atoms with Gasteiger partial charge in [-0.1, -0.05) is 0 Å². The van der Waals surface area contributed by atoms with Gasteiger partial charge < -0.3 is 10.1 Å². The molecule has 3 heterocycles. The Hall–Kier alpha value is -2.98. The van der Waals surface area contributed by atoms with E-state index < -0.39 is 10.0 Å². The summed E-state index contributed by atoms with van der Waals surface area (Å²) in [5.41, 5.74) is 1.81. The lowest BCUT2D eigenvalue weighted by Crippen LogP contribution is -2.29. The molecule has 146 valence electrons. The Bertz CT molecular complexity index is 1100. The van der Waals surface area contributed by atoms with Crippen molar-refractivity contribution in [3.05, 3.63) is 54.1 Å². The second kappa shape index (κ2) is 7.56. The molecule has 9 nitrogen and oxygen atoms in total. The van der Waals surface area contributed by atoms with E-state index in [2.05, 4.69) is 25.1 Å². The van der Waals surface area contributed by atoms with Crippen LogP contribution in [0.15, 0.2) is 47.8 Å². The summed E-state index contributed by atoms with van der Waals surface area (Å²) in [5, 5.41) is 7.40. The van der Waals surface area contributed by atoms with Crippen molar-refractivity contribution in [3.8, 4) is 11.6 Å². The largest absolute Gasteiger partial charge is 0.493 e. The molecule has 0 radical (unpaired) electrons. The van der Waals surface area contributed by atoms with E-state index >= 15 is 0 Å². The molecule has 0 saturated carbocycles. The number of anilines is 1. The average molecular weight is 400 g/mol. The van der Waals surface area contributed by atoms with Gasteiger partial charge in [0.05, 0.1) is 17.2 Å². The van der Waals surface area contributed by atoms with Crippen molar-refractivity contribution in [1.82, 2.24) is 24.5 Å². The van der Waals surface area contributed by atoms with Gasteiger partial charge in [-0.05, 0) is 36.8 Å². The first kappa shape index (κ1) is 18.4. The number of sulfonamides is 1. The van der Waals surface area contributed by atoms with E-state index in [-0.39, 0.29) is 11.4 Å². The molecule has 1 aliphatic rings. The average Bonchev–Trinajstić information content (AvgIpc) is 3.33. The first-order chi connectivity index (χ1) is 13.5. The number of hydrogen-bond donors (Lipinski definition) is 2. The molecule has 0 atom stereocenters. The van der Waals surface area contributed by atoms with Crippen molar-refractivity contribution < 1.29 is 13.2 Å². The highest BCUT2D eigenvalue weighted by Crippen LogP contribution is 2.27. The number of nitrogens with zero attached hydrogens (tertiary/aromatic N) is 4. The predicted octanol–water partition coefficient (Wildman–Crippen LogP) is 1.30. The van der Waals surface area contributed by atoms with E-state index in [9.17, 15) is 8.42 Å². The number of fused-ring (bicyclic) bond motifs is 1. The van der Waals surface area contributed by atoms with E-state index in [1.807, 2.05) is 19.2 Å². The van der Waals surface area contributed by atoms with Gasteiger partial charge in [0.2, 0.25) is 10.0 Å². The van der Waals surface area contributed by atoms with Crippen LogP contribution in [0.5, 0.6) is 5.75 Å². The van der Waals surface area contributed by atoms with Gasteiger partial charge in [0.1, 0.15) is 17.9 Å². The standard InChI is InChI=1S/C18H20N6O3S/c1-13-4-8-24(23-13)18-11-17(20-12-21-18)19-6-7-22-28(25,26)15-2-3-16-14(10-15)5-9-27-16/h2-4,8,10-12,22H,5-7,9H2,1H3,(H,19,20,21). The van der Waals surface area contributed by atoms with Crippen LogP contribution in [0.3, 0.4) is 0 Å². The summed E-state index contributed by atoms with van der Waals surface area (Å²) >= 11 is 0. The molecule has 3 aromatic rings. The minimum Gasteiger partial charge on any atom is -0.493 e. The topological polar surface area (TPSA) is 111 Å². The van der Waals surface area contributed by atoms with Crippen LogP contribution >= 0.6 is 0 Å². The lowest BCUT2D eigenvalue weighted by atomic mass is 10.2. The molecule has 0 spiro atoms. The monoisotopic (exact) mass is 400 g/mol. The van der Waals surface area contributed by atoms with E-state index in [0.717, 1.165) is 23.4 Å². The van der Waals surface area contributed by atoms with Gasteiger partial charge in [-0.15, -0.1) is 0 Å². The Kier molecular flexibility index (Phi) is 4.97. The molecule has 0 amide bonds. The first-order valence-electron chi connectivity index (χ1n) is 8.85. The fourth-order valence-electron chi connectivity index (χ4n) is 2.90. The SMILES string of the molecule is Cc1ccn(-c2cc(NCCNS(=O)(=O)c3ccc4c(c3)CCO4)ncn2)n1. The highest BCUT2D eigenvalue weighted by Gasteiger charge is 2.18. The Morgan fingerprint density at radius 1 is 1.18 bits per heavy atom. The first-order valence-corrected chi connectivity index (χ1v) is 10.3. The number of ether oxygens (including phenoxy) is 1. The lowest BCUT2D eigenvalue weighted by molar-refractivity contribution is 0.356. The minimum absolute atomic E-state index is 0.218. The van der Waals surface area contributed by atoms with Gasteiger partial charge in [0.15, 0.2) is 5.82 Å². The number of nitrogens with one attached hydrogen (secondary N) is 2. The fourth-order valence-corrected chi connectivity index (χ4v) is 3.98. The molecule has 0 aliphatic carbocycles. The minimum atomic E-state index is -3.58. The lowest BCUT2D eigenvalue weighted by Gasteiger charge is -2.10. The van der Waals surface area contributed by atoms with Gasteiger partial charge >= 0.3 is 0 Å². The van der Waals surface area contributed by atoms with E-state index in [1.54, 1.807) is 28.9 Å². The molecule has 0 saturated heterocycles. The van der Waals surface area contributed by atoms with Crippen molar-refractivity contribution in [1.29, 1.82) is 0 Å². The second-order valence-corrected chi connectivity index (χ2v) is 8.12. The summed E-state index contributed by atoms with van der Waals surface area (Å²) in [6.45, 7) is 3.09. The third-order valence-electron chi connectivity index (χ3n) is 4.30. The molecule has 4 rings (SSSR count). The molecule has 0 unspecified atom stereocenters. The van der Waals surface area contributed by atoms with Gasteiger partial charge in [-0.25, -0.2) is 27.8 Å². The Morgan fingerprint density at radius 2 is 2.07 bits per heavy atom. The molecule has 1 aliphatic heterocycles. The van der Waals surface area contributed by atoms with Crippen LogP contribution in [0, 0.1) is 6.92 Å². The number of aromatic nitrogens is 4. The molecule has 1 aromatic carbocycles. The smallest absolute Gasteiger partial charge is 0.240 e. The van der Waals surface area contributed by atoms with Crippen LogP contribution in [0.2, 0.25) is 0 Å². The second-order valence-electron chi connectivity index (χ2n) is 6.36. The van der Waals surface area contributed by atoms with Crippen LogP contribution in [0.4, 0.5) is 5.82 Å². The maximum atomic E-state index is 12.5. The summed E-state index contributed by atoms with van der Waals surface area (Å²) in [6, 6.07) is 8.56. The van der Waals surface area contributed by atoms with E-state index in [0.29, 0.717) is 24.8 Å². The highest BCUT2D eigenvalue weighted by atomic mass is 32.2. The van der Waals surface area contributed by atoms with Crippen molar-refractivity contribution in [2.45, 2.75) is 18.2 Å². The van der Waals surface area contributed by atoms with Gasteiger partial charge in [0, 0.05) is 31.8 Å². The quantitative estimate of drug-likeness (QED) is 0.575.